The Kier molecular flexibility index (Phi) is 5.35. The monoisotopic (exact) mass is 285 g/mol. The highest BCUT2D eigenvalue weighted by Gasteiger charge is 2.12. The molecule has 2 rings (SSSR count). The van der Waals surface area contributed by atoms with Crippen molar-refractivity contribution in [1.82, 2.24) is 5.32 Å². The number of nitrogens with one attached hydrogen (secondary N) is 1. The van der Waals surface area contributed by atoms with E-state index >= 15 is 0 Å². The van der Waals surface area contributed by atoms with Crippen LogP contribution in [0, 0.1) is 0 Å². The van der Waals surface area contributed by atoms with E-state index in [1.54, 1.807) is 19.2 Å². The molecule has 0 spiro atoms. The Hall–Kier alpha value is -2.33. The van der Waals surface area contributed by atoms with Gasteiger partial charge in [-0.2, -0.15) is 0 Å². The molecule has 0 aliphatic carbocycles. The minimum absolute atomic E-state index is 0.0557. The average molecular weight is 285 g/mol. The first kappa shape index (κ1) is 15.1. The van der Waals surface area contributed by atoms with E-state index in [1.807, 2.05) is 42.5 Å². The molecule has 0 aliphatic rings. The molecule has 0 bridgehead atoms. The highest BCUT2D eigenvalue weighted by Crippen LogP contribution is 2.16. The third-order valence-corrected chi connectivity index (χ3v) is 3.21. The number of hydrogen-bond donors (Lipinski definition) is 2. The van der Waals surface area contributed by atoms with E-state index in [-0.39, 0.29) is 12.3 Å². The van der Waals surface area contributed by atoms with Crippen LogP contribution in [-0.2, 0) is 11.3 Å². The van der Waals surface area contributed by atoms with Crippen LogP contribution in [0.3, 0.4) is 0 Å². The van der Waals surface area contributed by atoms with Crippen LogP contribution < -0.4 is 10.1 Å². The number of carbonyl (C=O) groups excluding carboxylic acids is 1. The number of ether oxygens (including phenoxy) is 1. The minimum atomic E-state index is -0.776. The molecule has 21 heavy (non-hydrogen) atoms. The summed E-state index contributed by atoms with van der Waals surface area (Å²) in [6.07, 6.45) is -0.720. The van der Waals surface area contributed by atoms with Crippen LogP contribution >= 0.6 is 0 Å². The fourth-order valence-electron chi connectivity index (χ4n) is 1.98. The van der Waals surface area contributed by atoms with E-state index in [4.69, 9.17) is 4.74 Å². The molecule has 0 aromatic heterocycles. The number of aliphatic hydroxyl groups excluding tert-OH is 1. The smallest absolute Gasteiger partial charge is 0.223 e. The van der Waals surface area contributed by atoms with Crippen molar-refractivity contribution in [2.45, 2.75) is 19.1 Å². The van der Waals surface area contributed by atoms with Gasteiger partial charge >= 0.3 is 0 Å². The molecule has 2 aromatic rings. The van der Waals surface area contributed by atoms with Crippen molar-refractivity contribution in [3.8, 4) is 5.75 Å². The first-order chi connectivity index (χ1) is 10.2. The molecule has 0 aliphatic heterocycles. The number of carbonyl (C=O) groups is 1. The molecule has 2 N–H and O–H groups in total. The first-order valence-corrected chi connectivity index (χ1v) is 6.81. The number of amides is 1. The summed E-state index contributed by atoms with van der Waals surface area (Å²) >= 11 is 0. The van der Waals surface area contributed by atoms with Gasteiger partial charge in [0.2, 0.25) is 5.91 Å². The third-order valence-electron chi connectivity index (χ3n) is 3.21. The van der Waals surface area contributed by atoms with Crippen LogP contribution in [0.5, 0.6) is 5.75 Å². The van der Waals surface area contributed by atoms with Crippen molar-refractivity contribution < 1.29 is 14.6 Å². The second kappa shape index (κ2) is 7.45. The maximum atomic E-state index is 11.8. The van der Waals surface area contributed by atoms with E-state index in [0.717, 1.165) is 16.9 Å². The summed E-state index contributed by atoms with van der Waals surface area (Å²) in [5, 5.41) is 12.8. The molecule has 0 heterocycles. The summed E-state index contributed by atoms with van der Waals surface area (Å²) in [5.41, 5.74) is 1.73. The largest absolute Gasteiger partial charge is 0.497 e. The molecule has 1 amide bonds. The Morgan fingerprint density at radius 1 is 1.14 bits per heavy atom. The SMILES string of the molecule is COc1ccc(CNC(=O)CC(O)c2ccccc2)cc1. The van der Waals surface area contributed by atoms with Gasteiger partial charge in [0, 0.05) is 6.54 Å². The quantitative estimate of drug-likeness (QED) is 0.857. The molecule has 4 nitrogen and oxygen atoms in total. The molecule has 110 valence electrons. The summed E-state index contributed by atoms with van der Waals surface area (Å²) in [4.78, 5) is 11.8. The van der Waals surface area contributed by atoms with Crippen LogP contribution in [0.2, 0.25) is 0 Å². The van der Waals surface area contributed by atoms with Crippen LogP contribution in [0.1, 0.15) is 23.7 Å². The Morgan fingerprint density at radius 3 is 2.43 bits per heavy atom. The van der Waals surface area contributed by atoms with Gasteiger partial charge in [0.15, 0.2) is 0 Å². The van der Waals surface area contributed by atoms with E-state index in [2.05, 4.69) is 5.32 Å². The van der Waals surface area contributed by atoms with Gasteiger partial charge in [-0.1, -0.05) is 42.5 Å². The van der Waals surface area contributed by atoms with Crippen molar-refractivity contribution in [2.24, 2.45) is 0 Å². The molecule has 0 fully saturated rings. The fourth-order valence-corrected chi connectivity index (χ4v) is 1.98. The second-order valence-electron chi connectivity index (χ2n) is 4.76. The number of aliphatic hydroxyl groups is 1. The molecule has 1 unspecified atom stereocenters. The lowest BCUT2D eigenvalue weighted by Crippen LogP contribution is -2.24. The fraction of sp³-hybridized carbons (Fsp3) is 0.235. The third kappa shape index (κ3) is 4.61. The van der Waals surface area contributed by atoms with Crippen molar-refractivity contribution in [2.75, 3.05) is 7.11 Å². The zero-order chi connectivity index (χ0) is 15.1. The maximum Gasteiger partial charge on any atom is 0.223 e. The zero-order valence-corrected chi connectivity index (χ0v) is 12.0. The highest BCUT2D eigenvalue weighted by atomic mass is 16.5. The van der Waals surface area contributed by atoms with E-state index in [9.17, 15) is 9.90 Å². The molecular weight excluding hydrogens is 266 g/mol. The first-order valence-electron chi connectivity index (χ1n) is 6.81. The predicted molar refractivity (Wildman–Crippen MR) is 80.9 cm³/mol. The van der Waals surface area contributed by atoms with Gasteiger partial charge < -0.3 is 15.2 Å². The topological polar surface area (TPSA) is 58.6 Å². The summed E-state index contributed by atoms with van der Waals surface area (Å²) < 4.78 is 5.08. The Bertz CT molecular complexity index is 566. The zero-order valence-electron chi connectivity index (χ0n) is 12.0. The molecule has 4 heteroatoms. The van der Waals surface area contributed by atoms with Crippen LogP contribution in [0.4, 0.5) is 0 Å². The van der Waals surface area contributed by atoms with Gasteiger partial charge in [-0.3, -0.25) is 4.79 Å². The number of methoxy groups -OCH3 is 1. The standard InChI is InChI=1S/C17H19NO3/c1-21-15-9-7-13(8-10-15)12-18-17(20)11-16(19)14-5-3-2-4-6-14/h2-10,16,19H,11-12H2,1H3,(H,18,20). The molecular formula is C17H19NO3. The van der Waals surface area contributed by atoms with Gasteiger partial charge in [-0.05, 0) is 23.3 Å². The molecule has 0 saturated carbocycles. The van der Waals surface area contributed by atoms with Gasteiger partial charge in [0.05, 0.1) is 19.6 Å². The van der Waals surface area contributed by atoms with Gasteiger partial charge in [-0.15, -0.1) is 0 Å². The van der Waals surface area contributed by atoms with Gasteiger partial charge in [-0.25, -0.2) is 0 Å². The van der Waals surface area contributed by atoms with Crippen LogP contribution in [-0.4, -0.2) is 18.1 Å². The normalized spacial score (nSPS) is 11.7. The van der Waals surface area contributed by atoms with Gasteiger partial charge in [0.1, 0.15) is 5.75 Å². The number of hydrogen-bond acceptors (Lipinski definition) is 3. The Labute approximate surface area is 124 Å². The van der Waals surface area contributed by atoms with Crippen molar-refractivity contribution in [3.05, 3.63) is 65.7 Å². The van der Waals surface area contributed by atoms with Gasteiger partial charge in [0.25, 0.3) is 0 Å². The molecule has 0 radical (unpaired) electrons. The van der Waals surface area contributed by atoms with E-state index in [0.29, 0.717) is 6.54 Å². The lowest BCUT2D eigenvalue weighted by atomic mass is 10.1. The lowest BCUT2D eigenvalue weighted by Gasteiger charge is -2.11. The number of rotatable bonds is 6. The summed E-state index contributed by atoms with van der Waals surface area (Å²) in [6, 6.07) is 16.7. The molecule has 0 saturated heterocycles. The predicted octanol–water partition coefficient (Wildman–Crippen LogP) is 2.44. The molecule has 2 aromatic carbocycles. The molecule has 1 atom stereocenters. The highest BCUT2D eigenvalue weighted by molar-refractivity contribution is 5.76. The number of benzene rings is 2. The van der Waals surface area contributed by atoms with Crippen LogP contribution in [0.15, 0.2) is 54.6 Å². The van der Waals surface area contributed by atoms with Crippen molar-refractivity contribution in [3.63, 3.8) is 0 Å². The summed E-state index contributed by atoms with van der Waals surface area (Å²) in [7, 11) is 1.61. The lowest BCUT2D eigenvalue weighted by molar-refractivity contribution is -0.123. The Morgan fingerprint density at radius 2 is 1.81 bits per heavy atom. The van der Waals surface area contributed by atoms with Crippen molar-refractivity contribution in [1.29, 1.82) is 0 Å². The second-order valence-corrected chi connectivity index (χ2v) is 4.76. The average Bonchev–Trinajstić information content (AvgIpc) is 2.54. The van der Waals surface area contributed by atoms with Crippen LogP contribution in [0.25, 0.3) is 0 Å². The van der Waals surface area contributed by atoms with E-state index < -0.39 is 6.10 Å². The minimum Gasteiger partial charge on any atom is -0.497 e. The Balaban J connectivity index is 1.81. The summed E-state index contributed by atoms with van der Waals surface area (Å²) in [5.74, 6) is 0.603. The summed E-state index contributed by atoms with van der Waals surface area (Å²) in [6.45, 7) is 0.435. The van der Waals surface area contributed by atoms with Crippen molar-refractivity contribution >= 4 is 5.91 Å². The van der Waals surface area contributed by atoms with E-state index in [1.165, 1.54) is 0 Å². The maximum absolute atomic E-state index is 11.8.